The summed E-state index contributed by atoms with van der Waals surface area (Å²) < 4.78 is 10.7. The van der Waals surface area contributed by atoms with Crippen molar-refractivity contribution in [3.05, 3.63) is 58.9 Å². The fourth-order valence-corrected chi connectivity index (χ4v) is 7.75. The molecule has 0 radical (unpaired) electrons. The minimum atomic E-state index is -0.0734. The number of rotatable bonds is 7. The van der Waals surface area contributed by atoms with Gasteiger partial charge in [0.15, 0.2) is 0 Å². The van der Waals surface area contributed by atoms with Crippen molar-refractivity contribution in [1.29, 1.82) is 0 Å². The maximum Gasteiger partial charge on any atom is 0.250 e. The Morgan fingerprint density at radius 3 is 2.66 bits per heavy atom. The first-order chi connectivity index (χ1) is 18.7. The number of ether oxygens (including phenoxy) is 2. The third-order valence-corrected chi connectivity index (χ3v) is 10.0. The van der Waals surface area contributed by atoms with E-state index >= 15 is 0 Å². The predicted octanol–water partition coefficient (Wildman–Crippen LogP) is 5.02. The van der Waals surface area contributed by atoms with Gasteiger partial charge in [-0.3, -0.25) is 4.79 Å². The van der Waals surface area contributed by atoms with Gasteiger partial charge in [-0.25, -0.2) is 0 Å². The van der Waals surface area contributed by atoms with Gasteiger partial charge in [-0.1, -0.05) is 35.7 Å². The quantitative estimate of drug-likeness (QED) is 0.333. The number of anilines is 2. The SMILES string of the molecule is COCCN1CCC(Nc2ccc3c(c2)Sc2cccc(-c4cc(N5CCOCC5)cc(=O)[nH]4)c2S3)CC1. The molecule has 9 heteroatoms. The second-order valence-corrected chi connectivity index (χ2v) is 12.1. The van der Waals surface area contributed by atoms with Crippen LogP contribution in [0, 0.1) is 0 Å². The van der Waals surface area contributed by atoms with E-state index in [4.69, 9.17) is 9.47 Å². The monoisotopic (exact) mass is 550 g/mol. The average Bonchev–Trinajstić information content (AvgIpc) is 2.95. The number of methoxy groups -OCH3 is 1. The van der Waals surface area contributed by atoms with Gasteiger partial charge in [0.1, 0.15) is 0 Å². The number of aromatic nitrogens is 1. The fraction of sp³-hybridized carbons (Fsp3) is 0.414. The van der Waals surface area contributed by atoms with Crippen molar-refractivity contribution in [2.45, 2.75) is 38.5 Å². The summed E-state index contributed by atoms with van der Waals surface area (Å²) in [4.78, 5) is 25.4. The second kappa shape index (κ2) is 11.8. The molecule has 7 nitrogen and oxygen atoms in total. The molecule has 0 saturated carbocycles. The number of pyridine rings is 1. The molecule has 6 rings (SSSR count). The molecule has 0 aliphatic carbocycles. The van der Waals surface area contributed by atoms with Gasteiger partial charge in [0, 0.05) is 88.5 Å². The topological polar surface area (TPSA) is 69.8 Å². The van der Waals surface area contributed by atoms with Crippen LogP contribution in [0.5, 0.6) is 0 Å². The summed E-state index contributed by atoms with van der Waals surface area (Å²) in [5.41, 5.74) is 4.01. The van der Waals surface area contributed by atoms with E-state index in [1.54, 1.807) is 24.9 Å². The highest BCUT2D eigenvalue weighted by Crippen LogP contribution is 2.52. The molecule has 2 aromatic carbocycles. The number of H-pyrrole nitrogens is 1. The maximum atomic E-state index is 12.6. The highest BCUT2D eigenvalue weighted by molar-refractivity contribution is 8.05. The summed E-state index contributed by atoms with van der Waals surface area (Å²) in [7, 11) is 1.77. The van der Waals surface area contributed by atoms with E-state index in [0.717, 1.165) is 69.1 Å². The van der Waals surface area contributed by atoms with Crippen molar-refractivity contribution in [1.82, 2.24) is 9.88 Å². The van der Waals surface area contributed by atoms with Gasteiger partial charge >= 0.3 is 0 Å². The van der Waals surface area contributed by atoms with Crippen molar-refractivity contribution in [3.63, 3.8) is 0 Å². The van der Waals surface area contributed by atoms with Gasteiger partial charge in [-0.2, -0.15) is 0 Å². The van der Waals surface area contributed by atoms with Crippen LogP contribution in [0.3, 0.4) is 0 Å². The zero-order valence-electron chi connectivity index (χ0n) is 21.7. The highest BCUT2D eigenvalue weighted by Gasteiger charge is 2.23. The van der Waals surface area contributed by atoms with Gasteiger partial charge < -0.3 is 29.6 Å². The number of likely N-dealkylation sites (tertiary alicyclic amines) is 1. The molecule has 1 aromatic heterocycles. The summed E-state index contributed by atoms with van der Waals surface area (Å²) in [5.74, 6) is 0. The molecule has 3 aliphatic heterocycles. The molecule has 200 valence electrons. The van der Waals surface area contributed by atoms with Crippen LogP contribution < -0.4 is 15.8 Å². The summed E-state index contributed by atoms with van der Waals surface area (Å²) in [6.07, 6.45) is 2.30. The predicted molar refractivity (Wildman–Crippen MR) is 155 cm³/mol. The van der Waals surface area contributed by atoms with Crippen molar-refractivity contribution in [3.8, 4) is 11.3 Å². The van der Waals surface area contributed by atoms with E-state index < -0.39 is 0 Å². The first-order valence-corrected chi connectivity index (χ1v) is 15.0. The molecule has 4 heterocycles. The number of nitrogens with zero attached hydrogens (tertiary/aromatic N) is 2. The highest BCUT2D eigenvalue weighted by atomic mass is 32.2. The van der Waals surface area contributed by atoms with Crippen molar-refractivity contribution < 1.29 is 9.47 Å². The van der Waals surface area contributed by atoms with E-state index in [9.17, 15) is 4.79 Å². The van der Waals surface area contributed by atoms with Crippen LogP contribution in [0.15, 0.2) is 72.9 Å². The molecular formula is C29H34N4O3S2. The summed E-state index contributed by atoms with van der Waals surface area (Å²) in [6.45, 7) is 7.03. The zero-order valence-corrected chi connectivity index (χ0v) is 23.3. The van der Waals surface area contributed by atoms with Crippen LogP contribution in [0.4, 0.5) is 11.4 Å². The normalized spacial score (nSPS) is 18.2. The number of morpholine rings is 1. The van der Waals surface area contributed by atoms with E-state index in [0.29, 0.717) is 19.3 Å². The number of benzene rings is 2. The van der Waals surface area contributed by atoms with Gasteiger partial charge in [-0.15, -0.1) is 0 Å². The Morgan fingerprint density at radius 2 is 1.84 bits per heavy atom. The molecule has 2 N–H and O–H groups in total. The minimum Gasteiger partial charge on any atom is -0.383 e. The van der Waals surface area contributed by atoms with E-state index in [2.05, 4.69) is 62.6 Å². The number of piperidine rings is 1. The van der Waals surface area contributed by atoms with Crippen LogP contribution >= 0.6 is 23.5 Å². The number of hydrogen-bond acceptors (Lipinski definition) is 8. The average molecular weight is 551 g/mol. The number of aromatic amines is 1. The molecule has 3 aromatic rings. The first-order valence-electron chi connectivity index (χ1n) is 13.3. The lowest BCUT2D eigenvalue weighted by atomic mass is 10.0. The summed E-state index contributed by atoms with van der Waals surface area (Å²) >= 11 is 3.60. The minimum absolute atomic E-state index is 0.0734. The van der Waals surface area contributed by atoms with Gasteiger partial charge in [-0.05, 0) is 43.2 Å². The summed E-state index contributed by atoms with van der Waals surface area (Å²) in [5, 5.41) is 3.78. The Bertz CT molecular complexity index is 1330. The van der Waals surface area contributed by atoms with Crippen molar-refractivity contribution in [2.75, 3.05) is 69.9 Å². The molecule has 0 spiro atoms. The van der Waals surface area contributed by atoms with Crippen LogP contribution in [-0.2, 0) is 9.47 Å². The summed E-state index contributed by atoms with van der Waals surface area (Å²) in [6, 6.07) is 17.4. The van der Waals surface area contributed by atoms with Crippen molar-refractivity contribution >= 4 is 34.9 Å². The maximum absolute atomic E-state index is 12.6. The number of nitrogens with one attached hydrogen (secondary N) is 2. The largest absolute Gasteiger partial charge is 0.383 e. The third kappa shape index (κ3) is 5.77. The molecule has 3 aliphatic rings. The molecule has 0 amide bonds. The zero-order chi connectivity index (χ0) is 25.9. The Balaban J connectivity index is 1.19. The Morgan fingerprint density at radius 1 is 1.00 bits per heavy atom. The number of hydrogen-bond donors (Lipinski definition) is 2. The van der Waals surface area contributed by atoms with Crippen molar-refractivity contribution in [2.24, 2.45) is 0 Å². The van der Waals surface area contributed by atoms with Gasteiger partial charge in [0.05, 0.1) is 25.5 Å². The molecule has 2 saturated heterocycles. The number of fused-ring (bicyclic) bond motifs is 2. The molecular weight excluding hydrogens is 516 g/mol. The Kier molecular flexibility index (Phi) is 7.99. The molecule has 0 atom stereocenters. The first kappa shape index (κ1) is 25.8. The smallest absolute Gasteiger partial charge is 0.250 e. The molecule has 38 heavy (non-hydrogen) atoms. The second-order valence-electron chi connectivity index (χ2n) is 9.97. The van der Waals surface area contributed by atoms with Crippen LogP contribution in [0.25, 0.3) is 11.3 Å². The fourth-order valence-electron chi connectivity index (χ4n) is 5.34. The van der Waals surface area contributed by atoms with Gasteiger partial charge in [0.2, 0.25) is 5.56 Å². The lowest BCUT2D eigenvalue weighted by molar-refractivity contribution is 0.122. The standard InChI is InChI=1S/C29H34N4O3S2/c1-35-14-11-32-9-7-20(8-10-32)30-21-5-6-25-27(17-21)37-26-4-2-3-23(29(26)38-25)24-18-22(19-28(34)31-24)33-12-15-36-16-13-33/h2-6,17-20,30H,7-16H2,1H3,(H,31,34). The molecule has 0 unspecified atom stereocenters. The van der Waals surface area contributed by atoms with Gasteiger partial charge in [0.25, 0.3) is 0 Å². The van der Waals surface area contributed by atoms with E-state index in [1.165, 1.54) is 25.3 Å². The van der Waals surface area contributed by atoms with Crippen LogP contribution in [-0.4, -0.2) is 75.6 Å². The Labute approximate surface area is 232 Å². The lowest BCUT2D eigenvalue weighted by Crippen LogP contribution is -2.40. The van der Waals surface area contributed by atoms with E-state index in [-0.39, 0.29) is 5.56 Å². The molecule has 0 bridgehead atoms. The molecule has 2 fully saturated rings. The third-order valence-electron chi connectivity index (χ3n) is 7.42. The van der Waals surface area contributed by atoms with Crippen LogP contribution in [0.1, 0.15) is 12.8 Å². The lowest BCUT2D eigenvalue weighted by Gasteiger charge is -2.33. The van der Waals surface area contributed by atoms with Crippen LogP contribution in [0.2, 0.25) is 0 Å². The van der Waals surface area contributed by atoms with E-state index in [1.807, 2.05) is 11.8 Å². The Hall–Kier alpha value is -2.43.